The van der Waals surface area contributed by atoms with Crippen LogP contribution in [0.25, 0.3) is 66.6 Å². The smallest absolute Gasteiger partial charge is 0.180 e. The molecule has 5 aromatic carbocycles. The monoisotopic (exact) mass is 448 g/mol. The van der Waals surface area contributed by atoms with Crippen LogP contribution in [0.4, 0.5) is 0 Å². The van der Waals surface area contributed by atoms with Gasteiger partial charge in [0.25, 0.3) is 0 Å². The summed E-state index contributed by atoms with van der Waals surface area (Å²) in [4.78, 5) is 10.0. The molecule has 3 heteroatoms. The molecule has 0 atom stereocenters. The van der Waals surface area contributed by atoms with Gasteiger partial charge in [0.2, 0.25) is 0 Å². The van der Waals surface area contributed by atoms with Crippen molar-refractivity contribution in [3.63, 3.8) is 0 Å². The van der Waals surface area contributed by atoms with Gasteiger partial charge in [0.1, 0.15) is 16.8 Å². The van der Waals surface area contributed by atoms with E-state index in [1.54, 1.807) is 0 Å². The van der Waals surface area contributed by atoms with Crippen molar-refractivity contribution in [1.82, 2.24) is 9.97 Å². The van der Waals surface area contributed by atoms with Crippen molar-refractivity contribution in [3.8, 4) is 33.8 Å². The zero-order chi connectivity index (χ0) is 23.2. The average Bonchev–Trinajstić information content (AvgIpc) is 3.33. The Morgan fingerprint density at radius 1 is 0.429 bits per heavy atom. The lowest BCUT2D eigenvalue weighted by Crippen LogP contribution is -1.93. The molecular formula is C32H20N2O. The number of benzene rings is 5. The van der Waals surface area contributed by atoms with E-state index in [1.165, 1.54) is 11.1 Å². The number of hydrogen-bond acceptors (Lipinski definition) is 3. The summed E-state index contributed by atoms with van der Waals surface area (Å²) in [6.45, 7) is 0. The number of nitrogens with zero attached hydrogens (tertiary/aromatic N) is 2. The third-order valence-corrected chi connectivity index (χ3v) is 6.50. The first-order valence-corrected chi connectivity index (χ1v) is 11.7. The summed E-state index contributed by atoms with van der Waals surface area (Å²) in [5.41, 5.74) is 7.52. The van der Waals surface area contributed by atoms with E-state index in [9.17, 15) is 0 Å². The lowest BCUT2D eigenvalue weighted by atomic mass is 10.0. The third kappa shape index (κ3) is 3.29. The number of fused-ring (bicyclic) bond motifs is 5. The van der Waals surface area contributed by atoms with Gasteiger partial charge >= 0.3 is 0 Å². The standard InChI is InChI=1S/C32H20N2O/c1-3-9-21(10-4-1)22-15-17-24(18-16-22)28-31-29(34-32(33-28)25-12-5-2-6-13-25)27-20-19-23-11-7-8-14-26(23)30(27)35-31/h1-20H. The van der Waals surface area contributed by atoms with Crippen LogP contribution in [0, 0.1) is 0 Å². The van der Waals surface area contributed by atoms with Gasteiger partial charge in [-0.25, -0.2) is 9.97 Å². The highest BCUT2D eigenvalue weighted by atomic mass is 16.3. The zero-order valence-corrected chi connectivity index (χ0v) is 18.8. The topological polar surface area (TPSA) is 38.9 Å². The Morgan fingerprint density at radius 2 is 1.06 bits per heavy atom. The Hall–Kier alpha value is -4.76. The summed E-state index contributed by atoms with van der Waals surface area (Å²) < 4.78 is 6.53. The first-order valence-electron chi connectivity index (χ1n) is 11.7. The summed E-state index contributed by atoms with van der Waals surface area (Å²) in [5.74, 6) is 0.691. The average molecular weight is 449 g/mol. The van der Waals surface area contributed by atoms with E-state index < -0.39 is 0 Å². The first kappa shape index (κ1) is 19.7. The van der Waals surface area contributed by atoms with E-state index in [1.807, 2.05) is 48.5 Å². The Kier molecular flexibility index (Phi) is 4.46. The molecule has 0 N–H and O–H groups in total. The van der Waals surface area contributed by atoms with Gasteiger partial charge in [-0.2, -0.15) is 0 Å². The van der Waals surface area contributed by atoms with E-state index in [4.69, 9.17) is 14.4 Å². The zero-order valence-electron chi connectivity index (χ0n) is 18.8. The summed E-state index contributed by atoms with van der Waals surface area (Å²) in [7, 11) is 0. The van der Waals surface area contributed by atoms with Crippen LogP contribution in [0.5, 0.6) is 0 Å². The molecule has 7 rings (SSSR count). The second kappa shape index (κ2) is 7.93. The summed E-state index contributed by atoms with van der Waals surface area (Å²) in [5, 5.41) is 3.22. The van der Waals surface area contributed by atoms with E-state index in [0.717, 1.165) is 44.1 Å². The van der Waals surface area contributed by atoms with Crippen molar-refractivity contribution in [1.29, 1.82) is 0 Å². The molecule has 2 aromatic heterocycles. The maximum absolute atomic E-state index is 6.53. The second-order valence-corrected chi connectivity index (χ2v) is 8.65. The van der Waals surface area contributed by atoms with E-state index in [-0.39, 0.29) is 0 Å². The second-order valence-electron chi connectivity index (χ2n) is 8.65. The summed E-state index contributed by atoms with van der Waals surface area (Å²) in [6, 6.07) is 41.5. The van der Waals surface area contributed by atoms with E-state index >= 15 is 0 Å². The molecule has 0 spiro atoms. The van der Waals surface area contributed by atoms with Gasteiger partial charge in [0, 0.05) is 21.9 Å². The van der Waals surface area contributed by atoms with Gasteiger partial charge in [-0.05, 0) is 22.6 Å². The molecule has 0 aliphatic heterocycles. The normalized spacial score (nSPS) is 11.4. The van der Waals surface area contributed by atoms with E-state index in [0.29, 0.717) is 11.4 Å². The highest BCUT2D eigenvalue weighted by molar-refractivity contribution is 6.15. The van der Waals surface area contributed by atoms with Gasteiger partial charge < -0.3 is 4.42 Å². The van der Waals surface area contributed by atoms with Crippen molar-refractivity contribution in [2.75, 3.05) is 0 Å². The molecular weight excluding hydrogens is 428 g/mol. The van der Waals surface area contributed by atoms with Crippen molar-refractivity contribution in [3.05, 3.63) is 121 Å². The summed E-state index contributed by atoms with van der Waals surface area (Å²) >= 11 is 0. The van der Waals surface area contributed by atoms with Crippen LogP contribution in [0.2, 0.25) is 0 Å². The number of aromatic nitrogens is 2. The molecule has 0 aliphatic rings. The number of furan rings is 1. The molecule has 3 nitrogen and oxygen atoms in total. The van der Waals surface area contributed by atoms with Crippen molar-refractivity contribution in [2.45, 2.75) is 0 Å². The van der Waals surface area contributed by atoms with Crippen LogP contribution in [-0.4, -0.2) is 9.97 Å². The van der Waals surface area contributed by atoms with Gasteiger partial charge in [0.15, 0.2) is 11.4 Å². The highest BCUT2D eigenvalue weighted by Crippen LogP contribution is 2.38. The third-order valence-electron chi connectivity index (χ3n) is 6.50. The van der Waals surface area contributed by atoms with Gasteiger partial charge in [-0.15, -0.1) is 0 Å². The number of hydrogen-bond donors (Lipinski definition) is 0. The Labute approximate surface area is 202 Å². The molecule has 0 radical (unpaired) electrons. The fourth-order valence-corrected chi connectivity index (χ4v) is 4.73. The van der Waals surface area contributed by atoms with Gasteiger partial charge in [-0.1, -0.05) is 115 Å². The fourth-order valence-electron chi connectivity index (χ4n) is 4.73. The van der Waals surface area contributed by atoms with Crippen LogP contribution >= 0.6 is 0 Å². The largest absolute Gasteiger partial charge is 0.451 e. The minimum Gasteiger partial charge on any atom is -0.451 e. The Morgan fingerprint density at radius 3 is 1.83 bits per heavy atom. The van der Waals surface area contributed by atoms with Crippen LogP contribution in [-0.2, 0) is 0 Å². The Bertz CT molecular complexity index is 1820. The predicted octanol–water partition coefficient (Wildman–Crippen LogP) is 8.53. The number of rotatable bonds is 3. The molecule has 0 amide bonds. The molecule has 2 heterocycles. The SMILES string of the molecule is c1ccc(-c2ccc(-c3nc(-c4ccccc4)nc4c3oc3c5ccccc5ccc43)cc2)cc1. The van der Waals surface area contributed by atoms with Crippen molar-refractivity contribution < 1.29 is 4.42 Å². The fraction of sp³-hybridized carbons (Fsp3) is 0. The maximum Gasteiger partial charge on any atom is 0.180 e. The molecule has 0 aliphatic carbocycles. The predicted molar refractivity (Wildman–Crippen MR) is 143 cm³/mol. The minimum atomic E-state index is 0.691. The van der Waals surface area contributed by atoms with Crippen LogP contribution in [0.1, 0.15) is 0 Å². The molecule has 0 saturated carbocycles. The molecule has 0 fully saturated rings. The van der Waals surface area contributed by atoms with Gasteiger partial charge in [0.05, 0.1) is 0 Å². The first-order chi connectivity index (χ1) is 17.3. The lowest BCUT2D eigenvalue weighted by Gasteiger charge is -2.07. The molecule has 164 valence electrons. The lowest BCUT2D eigenvalue weighted by molar-refractivity contribution is 0.671. The van der Waals surface area contributed by atoms with Crippen molar-refractivity contribution in [2.24, 2.45) is 0 Å². The van der Waals surface area contributed by atoms with Crippen molar-refractivity contribution >= 4 is 32.8 Å². The molecule has 7 aromatic rings. The molecule has 0 bridgehead atoms. The Balaban J connectivity index is 1.50. The quantitative estimate of drug-likeness (QED) is 0.272. The van der Waals surface area contributed by atoms with Crippen LogP contribution < -0.4 is 0 Å². The van der Waals surface area contributed by atoms with E-state index in [2.05, 4.69) is 72.8 Å². The van der Waals surface area contributed by atoms with Crippen LogP contribution in [0.15, 0.2) is 126 Å². The minimum absolute atomic E-state index is 0.691. The molecule has 35 heavy (non-hydrogen) atoms. The summed E-state index contributed by atoms with van der Waals surface area (Å²) in [6.07, 6.45) is 0. The van der Waals surface area contributed by atoms with Crippen LogP contribution in [0.3, 0.4) is 0 Å². The van der Waals surface area contributed by atoms with Gasteiger partial charge in [-0.3, -0.25) is 0 Å². The molecule has 0 saturated heterocycles. The molecule has 0 unspecified atom stereocenters. The maximum atomic E-state index is 6.53. The highest BCUT2D eigenvalue weighted by Gasteiger charge is 2.19.